The van der Waals surface area contributed by atoms with Crippen molar-refractivity contribution in [2.75, 3.05) is 0 Å². The molecule has 3 nitrogen and oxygen atoms in total. The van der Waals surface area contributed by atoms with E-state index in [1.54, 1.807) is 48.7 Å². The Balaban J connectivity index is 2.38. The standard InChI is InChI=1S/C16H10ClNO2/c17-14-8-13(11-5-2-1-4-10(11)9-19)16(20)15-12(14)6-3-7-18-15/h1-9,20H. The van der Waals surface area contributed by atoms with E-state index in [1.165, 1.54) is 0 Å². The first kappa shape index (κ1) is 12.6. The molecule has 1 N–H and O–H groups in total. The Bertz CT molecular complexity index is 815. The Morgan fingerprint density at radius 3 is 2.70 bits per heavy atom. The highest BCUT2D eigenvalue weighted by Crippen LogP contribution is 2.39. The van der Waals surface area contributed by atoms with Crippen molar-refractivity contribution in [3.63, 3.8) is 0 Å². The van der Waals surface area contributed by atoms with Crippen LogP contribution in [-0.4, -0.2) is 16.4 Å². The number of carbonyl (C=O) groups excluding carboxylic acids is 1. The van der Waals surface area contributed by atoms with Crippen molar-refractivity contribution >= 4 is 28.8 Å². The minimum atomic E-state index is 0.0271. The molecule has 20 heavy (non-hydrogen) atoms. The Hall–Kier alpha value is -2.39. The molecule has 98 valence electrons. The highest BCUT2D eigenvalue weighted by molar-refractivity contribution is 6.36. The summed E-state index contributed by atoms with van der Waals surface area (Å²) in [7, 11) is 0. The number of benzene rings is 2. The highest BCUT2D eigenvalue weighted by atomic mass is 35.5. The predicted molar refractivity (Wildman–Crippen MR) is 79.2 cm³/mol. The molecule has 2 aromatic carbocycles. The van der Waals surface area contributed by atoms with Gasteiger partial charge in [-0.1, -0.05) is 35.9 Å². The van der Waals surface area contributed by atoms with Gasteiger partial charge in [-0.25, -0.2) is 0 Å². The van der Waals surface area contributed by atoms with Gasteiger partial charge in [0.2, 0.25) is 0 Å². The maximum Gasteiger partial charge on any atom is 0.150 e. The van der Waals surface area contributed by atoms with E-state index < -0.39 is 0 Å². The van der Waals surface area contributed by atoms with Crippen LogP contribution in [0.25, 0.3) is 22.0 Å². The molecule has 3 aromatic rings. The SMILES string of the molecule is O=Cc1ccccc1-c1cc(Cl)c2cccnc2c1O. The maximum absolute atomic E-state index is 11.1. The molecule has 4 heteroatoms. The van der Waals surface area contributed by atoms with Gasteiger partial charge >= 0.3 is 0 Å². The van der Waals surface area contributed by atoms with Crippen molar-refractivity contribution in [2.24, 2.45) is 0 Å². The number of halogens is 1. The lowest BCUT2D eigenvalue weighted by Crippen LogP contribution is -1.90. The van der Waals surface area contributed by atoms with E-state index in [4.69, 9.17) is 11.6 Å². The smallest absolute Gasteiger partial charge is 0.150 e. The fraction of sp³-hybridized carbons (Fsp3) is 0. The van der Waals surface area contributed by atoms with E-state index in [1.807, 2.05) is 0 Å². The third-order valence-electron chi connectivity index (χ3n) is 3.19. The van der Waals surface area contributed by atoms with Crippen molar-refractivity contribution in [3.8, 4) is 16.9 Å². The Labute approximate surface area is 120 Å². The maximum atomic E-state index is 11.1. The molecule has 0 unspecified atom stereocenters. The van der Waals surface area contributed by atoms with Crippen molar-refractivity contribution in [1.82, 2.24) is 4.98 Å². The van der Waals surface area contributed by atoms with Gasteiger partial charge in [0.25, 0.3) is 0 Å². The normalized spacial score (nSPS) is 10.7. The van der Waals surface area contributed by atoms with Gasteiger partial charge in [-0.2, -0.15) is 0 Å². The number of hydrogen-bond donors (Lipinski definition) is 1. The summed E-state index contributed by atoms with van der Waals surface area (Å²) in [4.78, 5) is 15.3. The highest BCUT2D eigenvalue weighted by Gasteiger charge is 2.14. The van der Waals surface area contributed by atoms with Crippen LogP contribution in [0.3, 0.4) is 0 Å². The van der Waals surface area contributed by atoms with Crippen LogP contribution in [0.5, 0.6) is 5.75 Å². The summed E-state index contributed by atoms with van der Waals surface area (Å²) in [6.45, 7) is 0. The van der Waals surface area contributed by atoms with Gasteiger partial charge in [-0.05, 0) is 23.8 Å². The number of aromatic hydroxyl groups is 1. The summed E-state index contributed by atoms with van der Waals surface area (Å²) in [5, 5.41) is 11.6. The molecule has 0 saturated heterocycles. The van der Waals surface area contributed by atoms with E-state index in [-0.39, 0.29) is 5.75 Å². The average molecular weight is 284 g/mol. The molecule has 0 radical (unpaired) electrons. The Kier molecular flexibility index (Phi) is 3.12. The molecule has 1 heterocycles. The number of carbonyl (C=O) groups is 1. The fourth-order valence-electron chi connectivity index (χ4n) is 2.24. The lowest BCUT2D eigenvalue weighted by molar-refractivity contribution is 0.112. The number of phenolic OH excluding ortho intramolecular Hbond substituents is 1. The Morgan fingerprint density at radius 1 is 1.10 bits per heavy atom. The van der Waals surface area contributed by atoms with Crippen LogP contribution in [0, 0.1) is 0 Å². The fourth-order valence-corrected chi connectivity index (χ4v) is 2.50. The molecule has 0 amide bonds. The zero-order chi connectivity index (χ0) is 14.1. The number of aromatic nitrogens is 1. The number of phenols is 1. The van der Waals surface area contributed by atoms with Gasteiger partial charge in [-0.15, -0.1) is 0 Å². The van der Waals surface area contributed by atoms with Crippen molar-refractivity contribution in [2.45, 2.75) is 0 Å². The molecule has 0 aliphatic heterocycles. The van der Waals surface area contributed by atoms with Gasteiger partial charge in [0, 0.05) is 22.7 Å². The van der Waals surface area contributed by atoms with Crippen LogP contribution < -0.4 is 0 Å². The third-order valence-corrected chi connectivity index (χ3v) is 3.51. The summed E-state index contributed by atoms with van der Waals surface area (Å²) in [5.74, 6) is 0.0271. The van der Waals surface area contributed by atoms with E-state index in [9.17, 15) is 9.90 Å². The summed E-state index contributed by atoms with van der Waals surface area (Å²) in [6, 6.07) is 12.2. The van der Waals surface area contributed by atoms with Crippen molar-refractivity contribution in [3.05, 3.63) is 59.2 Å². The molecular weight excluding hydrogens is 274 g/mol. The number of hydrogen-bond acceptors (Lipinski definition) is 3. The molecule has 1 aromatic heterocycles. The molecule has 0 spiro atoms. The van der Waals surface area contributed by atoms with Crippen molar-refractivity contribution < 1.29 is 9.90 Å². The van der Waals surface area contributed by atoms with Crippen LogP contribution >= 0.6 is 11.6 Å². The first-order valence-corrected chi connectivity index (χ1v) is 6.41. The quantitative estimate of drug-likeness (QED) is 0.721. The van der Waals surface area contributed by atoms with Crippen LogP contribution in [-0.2, 0) is 0 Å². The number of pyridine rings is 1. The third kappa shape index (κ3) is 1.92. The summed E-state index contributed by atoms with van der Waals surface area (Å²) in [5.41, 5.74) is 2.06. The first-order chi connectivity index (χ1) is 9.72. The van der Waals surface area contributed by atoms with E-state index in [0.29, 0.717) is 32.6 Å². The molecule has 3 rings (SSSR count). The Morgan fingerprint density at radius 2 is 1.90 bits per heavy atom. The zero-order valence-corrected chi connectivity index (χ0v) is 11.1. The van der Waals surface area contributed by atoms with Crippen LogP contribution in [0.1, 0.15) is 10.4 Å². The molecule has 0 bridgehead atoms. The number of nitrogens with zero attached hydrogens (tertiary/aromatic N) is 1. The van der Waals surface area contributed by atoms with Crippen LogP contribution in [0.15, 0.2) is 48.7 Å². The lowest BCUT2D eigenvalue weighted by Gasteiger charge is -2.10. The van der Waals surface area contributed by atoms with Gasteiger partial charge in [0.15, 0.2) is 6.29 Å². The minimum absolute atomic E-state index is 0.0271. The number of rotatable bonds is 2. The summed E-state index contributed by atoms with van der Waals surface area (Å²) < 4.78 is 0. The minimum Gasteiger partial charge on any atom is -0.505 e. The van der Waals surface area contributed by atoms with Gasteiger partial charge in [0.1, 0.15) is 11.3 Å². The van der Waals surface area contributed by atoms with Gasteiger partial charge in [-0.3, -0.25) is 9.78 Å². The number of aldehydes is 1. The largest absolute Gasteiger partial charge is 0.505 e. The molecule has 0 aliphatic rings. The number of fused-ring (bicyclic) bond motifs is 1. The van der Waals surface area contributed by atoms with Gasteiger partial charge in [0.05, 0.1) is 5.02 Å². The second-order valence-corrected chi connectivity index (χ2v) is 4.77. The van der Waals surface area contributed by atoms with E-state index >= 15 is 0 Å². The zero-order valence-electron chi connectivity index (χ0n) is 10.4. The topological polar surface area (TPSA) is 50.2 Å². The summed E-state index contributed by atoms with van der Waals surface area (Å²) in [6.07, 6.45) is 2.35. The van der Waals surface area contributed by atoms with Crippen molar-refractivity contribution in [1.29, 1.82) is 0 Å². The van der Waals surface area contributed by atoms with E-state index in [0.717, 1.165) is 6.29 Å². The second-order valence-electron chi connectivity index (χ2n) is 4.36. The van der Waals surface area contributed by atoms with Gasteiger partial charge < -0.3 is 5.11 Å². The second kappa shape index (κ2) is 4.94. The predicted octanol–water partition coefficient (Wildman–Crippen LogP) is 4.07. The van der Waals surface area contributed by atoms with Crippen LogP contribution in [0.4, 0.5) is 0 Å². The van der Waals surface area contributed by atoms with E-state index in [2.05, 4.69) is 4.98 Å². The lowest BCUT2D eigenvalue weighted by atomic mass is 9.98. The molecule has 0 atom stereocenters. The average Bonchev–Trinajstić information content (AvgIpc) is 2.51. The molecule has 0 aliphatic carbocycles. The van der Waals surface area contributed by atoms with Crippen LogP contribution in [0.2, 0.25) is 5.02 Å². The molecule has 0 saturated carbocycles. The first-order valence-electron chi connectivity index (χ1n) is 6.03. The monoisotopic (exact) mass is 283 g/mol. The summed E-state index contributed by atoms with van der Waals surface area (Å²) >= 11 is 6.24. The molecular formula is C16H10ClNO2. The molecule has 0 fully saturated rings.